The van der Waals surface area contributed by atoms with Crippen molar-refractivity contribution in [3.63, 3.8) is 0 Å². The largest absolute Gasteiger partial charge is 0.416 e. The highest BCUT2D eigenvalue weighted by molar-refractivity contribution is 7.91. The fourth-order valence-electron chi connectivity index (χ4n) is 4.23. The maximum Gasteiger partial charge on any atom is 0.416 e. The monoisotopic (exact) mass is 626 g/mol. The number of aliphatic hydroxyl groups excluding tert-OH is 1. The summed E-state index contributed by atoms with van der Waals surface area (Å²) < 4.78 is 65.7. The summed E-state index contributed by atoms with van der Waals surface area (Å²) in [6.45, 7) is -1.41. The van der Waals surface area contributed by atoms with Crippen LogP contribution < -0.4 is 5.69 Å². The molecule has 0 unspecified atom stereocenters. The number of amides is 1. The Morgan fingerprint density at radius 3 is 2.43 bits per heavy atom. The maximum atomic E-state index is 13.1. The van der Waals surface area contributed by atoms with E-state index < -0.39 is 40.3 Å². The van der Waals surface area contributed by atoms with Gasteiger partial charge in [0.05, 0.1) is 23.7 Å². The summed E-state index contributed by atoms with van der Waals surface area (Å²) in [5.41, 5.74) is -0.424. The molecular weight excluding hydrogens is 605 g/mol. The molecule has 1 amide bonds. The van der Waals surface area contributed by atoms with Crippen LogP contribution in [0.25, 0.3) is 17.1 Å². The smallest absolute Gasteiger partial charge is 0.382 e. The molecule has 1 aromatic carbocycles. The van der Waals surface area contributed by atoms with E-state index in [1.54, 1.807) is 12.1 Å². The molecule has 0 saturated carbocycles. The highest BCUT2D eigenvalue weighted by Crippen LogP contribution is 2.24. The minimum Gasteiger partial charge on any atom is -0.382 e. The molecule has 1 fully saturated rings. The second-order valence-corrected chi connectivity index (χ2v) is 12.1. The molecule has 1 aliphatic heterocycles. The van der Waals surface area contributed by atoms with Gasteiger partial charge in [-0.15, -0.1) is 10.2 Å². The molecule has 3 aromatic heterocycles. The summed E-state index contributed by atoms with van der Waals surface area (Å²) in [6, 6.07) is 9.00. The van der Waals surface area contributed by atoms with Crippen LogP contribution in [0.4, 0.5) is 13.2 Å². The summed E-state index contributed by atoms with van der Waals surface area (Å²) >= 11 is 5.91. The van der Waals surface area contributed by atoms with Gasteiger partial charge in [-0.05, 0) is 36.4 Å². The van der Waals surface area contributed by atoms with Crippen molar-refractivity contribution in [1.82, 2.24) is 39.0 Å². The van der Waals surface area contributed by atoms with E-state index in [1.807, 2.05) is 0 Å². The van der Waals surface area contributed by atoms with Gasteiger partial charge in [-0.25, -0.2) is 32.5 Å². The Kier molecular flexibility index (Phi) is 7.91. The Morgan fingerprint density at radius 1 is 1.07 bits per heavy atom. The molecule has 1 saturated heterocycles. The Morgan fingerprint density at radius 2 is 1.76 bits per heavy atom. The SMILES string of the molecule is O=C(c1ncccc1-n1cnc(Cn2nc(-c3ccc(Cl)cc3)n(C[C@@H](O)C(F)(F)F)c2=O)n1)N1CCS(=O)(=O)CC1. The second kappa shape index (κ2) is 11.3. The van der Waals surface area contributed by atoms with Crippen molar-refractivity contribution in [2.24, 2.45) is 0 Å². The average molecular weight is 627 g/mol. The van der Waals surface area contributed by atoms with Gasteiger partial charge in [0.1, 0.15) is 12.9 Å². The Hall–Kier alpha value is -4.09. The lowest BCUT2D eigenvalue weighted by molar-refractivity contribution is -0.207. The number of alkyl halides is 3. The minimum atomic E-state index is -4.97. The van der Waals surface area contributed by atoms with Crippen LogP contribution >= 0.6 is 11.6 Å². The third kappa shape index (κ3) is 6.22. The first-order chi connectivity index (χ1) is 19.8. The minimum absolute atomic E-state index is 0.000792. The molecule has 222 valence electrons. The van der Waals surface area contributed by atoms with Crippen LogP contribution in [0.15, 0.2) is 53.7 Å². The van der Waals surface area contributed by atoms with Crippen LogP contribution in [0.5, 0.6) is 0 Å². The average Bonchev–Trinajstić information content (AvgIpc) is 3.53. The molecule has 18 heteroatoms. The first kappa shape index (κ1) is 29.4. The van der Waals surface area contributed by atoms with Crippen molar-refractivity contribution < 1.29 is 31.5 Å². The van der Waals surface area contributed by atoms with Crippen molar-refractivity contribution in [3.05, 3.63) is 75.9 Å². The van der Waals surface area contributed by atoms with Gasteiger partial charge < -0.3 is 10.0 Å². The quantitative estimate of drug-likeness (QED) is 0.318. The number of aliphatic hydroxyl groups is 1. The topological polar surface area (TPSA) is 158 Å². The van der Waals surface area contributed by atoms with Crippen LogP contribution in [0.2, 0.25) is 5.02 Å². The molecule has 0 spiro atoms. The van der Waals surface area contributed by atoms with E-state index in [0.717, 1.165) is 4.68 Å². The first-order valence-electron chi connectivity index (χ1n) is 12.4. The lowest BCUT2D eigenvalue weighted by atomic mass is 10.2. The van der Waals surface area contributed by atoms with Crippen LogP contribution in [-0.2, 0) is 22.9 Å². The molecular formula is C24H22ClF3N8O5S. The lowest BCUT2D eigenvalue weighted by Gasteiger charge is -2.26. The zero-order valence-electron chi connectivity index (χ0n) is 21.5. The Labute approximate surface area is 240 Å². The van der Waals surface area contributed by atoms with Crippen LogP contribution in [0.1, 0.15) is 16.3 Å². The molecule has 5 rings (SSSR count). The van der Waals surface area contributed by atoms with Gasteiger partial charge in [-0.3, -0.25) is 9.36 Å². The predicted molar refractivity (Wildman–Crippen MR) is 142 cm³/mol. The summed E-state index contributed by atoms with van der Waals surface area (Å²) in [7, 11) is -3.21. The Balaban J connectivity index is 1.44. The van der Waals surface area contributed by atoms with Crippen LogP contribution in [0, 0.1) is 0 Å². The molecule has 4 heterocycles. The van der Waals surface area contributed by atoms with E-state index >= 15 is 0 Å². The molecule has 0 bridgehead atoms. The summed E-state index contributed by atoms with van der Waals surface area (Å²) in [4.78, 5) is 36.0. The van der Waals surface area contributed by atoms with Crippen LogP contribution in [-0.4, -0.2) is 95.3 Å². The van der Waals surface area contributed by atoms with Gasteiger partial charge in [0.25, 0.3) is 5.91 Å². The van der Waals surface area contributed by atoms with Crippen molar-refractivity contribution in [3.8, 4) is 17.1 Å². The van der Waals surface area contributed by atoms with Crippen molar-refractivity contribution in [2.45, 2.75) is 25.4 Å². The van der Waals surface area contributed by atoms with E-state index in [-0.39, 0.29) is 59.7 Å². The van der Waals surface area contributed by atoms with Gasteiger partial charge in [0, 0.05) is 29.9 Å². The van der Waals surface area contributed by atoms with Gasteiger partial charge in [-0.1, -0.05) is 11.6 Å². The number of carbonyl (C=O) groups is 1. The highest BCUT2D eigenvalue weighted by atomic mass is 35.5. The van der Waals surface area contributed by atoms with E-state index in [1.165, 1.54) is 46.4 Å². The lowest BCUT2D eigenvalue weighted by Crippen LogP contribution is -2.44. The van der Waals surface area contributed by atoms with Gasteiger partial charge in [0.2, 0.25) is 0 Å². The van der Waals surface area contributed by atoms with E-state index in [0.29, 0.717) is 9.59 Å². The van der Waals surface area contributed by atoms with E-state index in [9.17, 15) is 36.3 Å². The first-order valence-corrected chi connectivity index (χ1v) is 14.6. The summed E-state index contributed by atoms with van der Waals surface area (Å²) in [6.07, 6.45) is -5.13. The number of benzene rings is 1. The molecule has 13 nitrogen and oxygen atoms in total. The van der Waals surface area contributed by atoms with Gasteiger partial charge >= 0.3 is 11.9 Å². The fourth-order valence-corrected chi connectivity index (χ4v) is 5.56. The number of hydrogen-bond donors (Lipinski definition) is 1. The summed E-state index contributed by atoms with van der Waals surface area (Å²) in [5.74, 6) is -0.916. The Bertz CT molecular complexity index is 1770. The van der Waals surface area contributed by atoms with E-state index in [2.05, 4.69) is 20.2 Å². The number of halogens is 4. The van der Waals surface area contributed by atoms with Gasteiger partial charge in [0.15, 0.2) is 33.3 Å². The van der Waals surface area contributed by atoms with Gasteiger partial charge in [-0.2, -0.15) is 13.2 Å². The summed E-state index contributed by atoms with van der Waals surface area (Å²) in [5, 5.41) is 18.5. The molecule has 0 aliphatic carbocycles. The highest BCUT2D eigenvalue weighted by Gasteiger charge is 2.39. The number of hydrogen-bond acceptors (Lipinski definition) is 9. The zero-order chi connectivity index (χ0) is 30.2. The number of aromatic nitrogens is 7. The van der Waals surface area contributed by atoms with Crippen molar-refractivity contribution >= 4 is 27.3 Å². The third-order valence-corrected chi connectivity index (χ3v) is 8.32. The molecule has 4 aromatic rings. The number of carbonyl (C=O) groups excluding carboxylic acids is 1. The number of nitrogens with zero attached hydrogens (tertiary/aromatic N) is 8. The molecule has 1 atom stereocenters. The standard InChI is InChI=1S/C24H22ClF3N8O5S/c25-16-5-3-15(4-6-16)21-32-35(23(39)34(21)12-18(37)24(26,27)28)13-19-30-14-36(31-19)17-2-1-7-29-20(17)22(38)33-8-10-42(40,41)11-9-33/h1-7,14,18,37H,8-13H2/t18-/m1/s1. The molecule has 1 aliphatic rings. The predicted octanol–water partition coefficient (Wildman–Crippen LogP) is 1.18. The second-order valence-electron chi connectivity index (χ2n) is 9.36. The third-order valence-electron chi connectivity index (χ3n) is 6.46. The zero-order valence-corrected chi connectivity index (χ0v) is 23.1. The number of sulfone groups is 1. The molecule has 0 radical (unpaired) electrons. The van der Waals surface area contributed by atoms with Crippen molar-refractivity contribution in [2.75, 3.05) is 24.6 Å². The molecule has 1 N–H and O–H groups in total. The maximum absolute atomic E-state index is 13.1. The van der Waals surface area contributed by atoms with E-state index in [4.69, 9.17) is 11.6 Å². The van der Waals surface area contributed by atoms with Crippen molar-refractivity contribution in [1.29, 1.82) is 0 Å². The molecule has 42 heavy (non-hydrogen) atoms. The number of pyridine rings is 1. The van der Waals surface area contributed by atoms with Crippen LogP contribution in [0.3, 0.4) is 0 Å². The fraction of sp³-hybridized carbons (Fsp3) is 0.333. The normalized spacial score (nSPS) is 16.0. The number of rotatable bonds is 7.